The number of rotatable bonds is 31. The van der Waals surface area contributed by atoms with Crippen LogP contribution in [0, 0.1) is 0 Å². The van der Waals surface area contributed by atoms with Crippen LogP contribution in [0.5, 0.6) is 0 Å². The lowest BCUT2D eigenvalue weighted by Crippen LogP contribution is -2.64. The molecule has 1 fully saturated rings. The molecule has 4 N–H and O–H groups in total. The predicted molar refractivity (Wildman–Crippen MR) is 192 cm³/mol. The monoisotopic (exact) mass is 672 g/mol. The van der Waals surface area contributed by atoms with E-state index in [1.165, 1.54) is 133 Å². The molecule has 0 aliphatic carbocycles. The molecule has 1 aliphatic heterocycles. The number of hydrogen-bond donors (Lipinski definition) is 4. The van der Waals surface area contributed by atoms with Crippen molar-refractivity contribution < 1.29 is 34.7 Å². The zero-order valence-corrected chi connectivity index (χ0v) is 30.9. The summed E-state index contributed by atoms with van der Waals surface area (Å²) in [6.45, 7) is 6.18. The van der Waals surface area contributed by atoms with E-state index in [-0.39, 0.29) is 6.10 Å². The van der Waals surface area contributed by atoms with Gasteiger partial charge in [-0.3, -0.25) is 4.90 Å². The van der Waals surface area contributed by atoms with E-state index >= 15 is 0 Å². The number of carbonyl (C=O) groups is 1. The fourth-order valence-electron chi connectivity index (χ4n) is 6.71. The fourth-order valence-corrected chi connectivity index (χ4v) is 6.71. The van der Waals surface area contributed by atoms with E-state index in [4.69, 9.17) is 9.47 Å². The van der Waals surface area contributed by atoms with E-state index in [9.17, 15) is 25.2 Å². The average Bonchev–Trinajstić information content (AvgIpc) is 3.06. The molecule has 8 heteroatoms. The number of aliphatic hydroxyl groups is 4. The Balaban J connectivity index is 2.38. The minimum absolute atomic E-state index is 0.283. The molecule has 8 nitrogen and oxygen atoms in total. The third-order valence-electron chi connectivity index (χ3n) is 9.93. The van der Waals surface area contributed by atoms with Crippen molar-refractivity contribution >= 4 is 6.09 Å². The first kappa shape index (κ1) is 44.1. The molecular formula is C39H77NO7. The van der Waals surface area contributed by atoms with Crippen molar-refractivity contribution in [1.82, 2.24) is 4.90 Å². The van der Waals surface area contributed by atoms with Gasteiger partial charge in [0.15, 0.2) is 6.23 Å². The van der Waals surface area contributed by atoms with Crippen LogP contribution in [0.1, 0.15) is 194 Å². The first-order valence-corrected chi connectivity index (χ1v) is 20.1. The molecule has 1 saturated heterocycles. The normalized spacial score (nSPS) is 22.0. The second-order valence-electron chi connectivity index (χ2n) is 14.4. The summed E-state index contributed by atoms with van der Waals surface area (Å²) in [6, 6.07) is 0. The van der Waals surface area contributed by atoms with Crippen LogP contribution in [0.15, 0.2) is 0 Å². The van der Waals surface area contributed by atoms with Crippen LogP contribution in [0.4, 0.5) is 4.79 Å². The quantitative estimate of drug-likeness (QED) is 0.0543. The Hall–Kier alpha value is -0.930. The van der Waals surface area contributed by atoms with Gasteiger partial charge >= 0.3 is 6.09 Å². The molecule has 0 aromatic carbocycles. The van der Waals surface area contributed by atoms with Gasteiger partial charge in [-0.1, -0.05) is 168 Å². The lowest BCUT2D eigenvalue weighted by Gasteiger charge is -2.44. The van der Waals surface area contributed by atoms with Crippen molar-refractivity contribution in [3.05, 3.63) is 0 Å². The second-order valence-corrected chi connectivity index (χ2v) is 14.4. The van der Waals surface area contributed by atoms with E-state index in [0.29, 0.717) is 6.54 Å². The summed E-state index contributed by atoms with van der Waals surface area (Å²) >= 11 is 0. The number of nitrogens with zero attached hydrogens (tertiary/aromatic N) is 1. The zero-order valence-electron chi connectivity index (χ0n) is 30.9. The van der Waals surface area contributed by atoms with Gasteiger partial charge in [0.1, 0.15) is 30.5 Å². The average molecular weight is 672 g/mol. The van der Waals surface area contributed by atoms with Gasteiger partial charge in [0, 0.05) is 6.54 Å². The van der Waals surface area contributed by atoms with Gasteiger partial charge in [-0.15, -0.1) is 0 Å². The van der Waals surface area contributed by atoms with Crippen LogP contribution in [-0.2, 0) is 9.47 Å². The fraction of sp³-hybridized carbons (Fsp3) is 0.974. The Labute approximate surface area is 289 Å². The molecular weight excluding hydrogens is 594 g/mol. The smallest absolute Gasteiger partial charge is 0.412 e. The summed E-state index contributed by atoms with van der Waals surface area (Å²) in [5.74, 6) is 0. The molecule has 0 saturated carbocycles. The molecule has 1 aliphatic rings. The molecule has 0 radical (unpaired) electrons. The number of aliphatic hydroxyl groups excluding tert-OH is 4. The second kappa shape index (κ2) is 29.9. The van der Waals surface area contributed by atoms with Crippen LogP contribution in [0.3, 0.4) is 0 Å². The molecule has 1 heterocycles. The van der Waals surface area contributed by atoms with E-state index in [0.717, 1.165) is 44.9 Å². The first-order valence-electron chi connectivity index (χ1n) is 20.1. The van der Waals surface area contributed by atoms with Crippen LogP contribution in [0.25, 0.3) is 0 Å². The van der Waals surface area contributed by atoms with Crippen molar-refractivity contribution in [2.24, 2.45) is 0 Å². The van der Waals surface area contributed by atoms with E-state index in [2.05, 4.69) is 13.8 Å². The number of hydrogen-bond acceptors (Lipinski definition) is 7. The van der Waals surface area contributed by atoms with Crippen molar-refractivity contribution in [2.75, 3.05) is 13.2 Å². The maximum atomic E-state index is 13.4. The highest BCUT2D eigenvalue weighted by Crippen LogP contribution is 2.26. The molecule has 2 unspecified atom stereocenters. The molecule has 1 amide bonds. The predicted octanol–water partition coefficient (Wildman–Crippen LogP) is 9.19. The molecule has 0 bridgehead atoms. The van der Waals surface area contributed by atoms with Gasteiger partial charge in [-0.2, -0.15) is 0 Å². The van der Waals surface area contributed by atoms with Crippen LogP contribution < -0.4 is 0 Å². The van der Waals surface area contributed by atoms with E-state index in [1.54, 1.807) is 0 Å². The van der Waals surface area contributed by atoms with Crippen molar-refractivity contribution in [3.63, 3.8) is 0 Å². The standard InChI is InChI=1S/C39H77NO7/c1-4-6-8-10-12-14-16-17-18-19-20-21-23-25-27-29-31-40(38-37(44)36(43)35(42)34(32-41)47-38)39(45)46-33(3)30-28-26-24-22-15-13-11-9-7-5-2/h33-38,41-44H,4-32H2,1-3H3/t33?,34-,35+,36+,37-,38?/m1/s1. The minimum Gasteiger partial charge on any atom is -0.446 e. The van der Waals surface area contributed by atoms with Gasteiger partial charge in [-0.25, -0.2) is 4.79 Å². The Morgan fingerprint density at radius 2 is 0.979 bits per heavy atom. The molecule has 280 valence electrons. The summed E-state index contributed by atoms with van der Waals surface area (Å²) in [5, 5.41) is 41.1. The Bertz CT molecular complexity index is 709. The molecule has 0 aromatic heterocycles. The van der Waals surface area contributed by atoms with Crippen molar-refractivity contribution in [3.8, 4) is 0 Å². The Kier molecular flexibility index (Phi) is 28.1. The maximum absolute atomic E-state index is 13.4. The molecule has 47 heavy (non-hydrogen) atoms. The molecule has 1 rings (SSSR count). The lowest BCUT2D eigenvalue weighted by molar-refractivity contribution is -0.259. The summed E-state index contributed by atoms with van der Waals surface area (Å²) < 4.78 is 11.6. The third kappa shape index (κ3) is 21.0. The number of ether oxygens (including phenoxy) is 2. The maximum Gasteiger partial charge on any atom is 0.412 e. The summed E-state index contributed by atoms with van der Waals surface area (Å²) in [7, 11) is 0. The topological polar surface area (TPSA) is 120 Å². The van der Waals surface area contributed by atoms with Gasteiger partial charge in [0.25, 0.3) is 0 Å². The molecule has 0 aromatic rings. The van der Waals surface area contributed by atoms with Crippen LogP contribution in [0.2, 0.25) is 0 Å². The first-order chi connectivity index (χ1) is 22.9. The van der Waals surface area contributed by atoms with Gasteiger partial charge in [0.2, 0.25) is 0 Å². The number of carbonyl (C=O) groups excluding carboxylic acids is 1. The molecule has 6 atom stereocenters. The lowest BCUT2D eigenvalue weighted by atomic mass is 9.97. The van der Waals surface area contributed by atoms with Crippen LogP contribution in [-0.4, -0.2) is 81.3 Å². The Morgan fingerprint density at radius 1 is 0.596 bits per heavy atom. The number of amides is 1. The van der Waals surface area contributed by atoms with Crippen molar-refractivity contribution in [2.45, 2.75) is 231 Å². The Morgan fingerprint density at radius 3 is 1.38 bits per heavy atom. The SMILES string of the molecule is CCCCCCCCCCCCCCCCCCN(C(=O)OC(C)CCCCCCCCCCCC)C1O[C@H](CO)[C@H](O)[C@H](O)[C@H]1O. The highest BCUT2D eigenvalue weighted by Gasteiger charge is 2.47. The largest absolute Gasteiger partial charge is 0.446 e. The summed E-state index contributed by atoms with van der Waals surface area (Å²) in [5.41, 5.74) is 0. The summed E-state index contributed by atoms with van der Waals surface area (Å²) in [6.07, 6.45) is 25.6. The third-order valence-corrected chi connectivity index (χ3v) is 9.93. The van der Waals surface area contributed by atoms with Gasteiger partial charge in [-0.05, 0) is 26.2 Å². The highest BCUT2D eigenvalue weighted by atomic mass is 16.6. The van der Waals surface area contributed by atoms with Gasteiger partial charge < -0.3 is 29.9 Å². The zero-order chi connectivity index (χ0) is 34.5. The van der Waals surface area contributed by atoms with E-state index < -0.39 is 43.3 Å². The molecule has 0 spiro atoms. The number of unbranched alkanes of at least 4 members (excludes halogenated alkanes) is 24. The minimum atomic E-state index is -1.53. The summed E-state index contributed by atoms with van der Waals surface area (Å²) in [4.78, 5) is 14.7. The van der Waals surface area contributed by atoms with Gasteiger partial charge in [0.05, 0.1) is 6.61 Å². The van der Waals surface area contributed by atoms with E-state index in [1.807, 2.05) is 6.92 Å². The van der Waals surface area contributed by atoms with Crippen molar-refractivity contribution in [1.29, 1.82) is 0 Å². The highest BCUT2D eigenvalue weighted by molar-refractivity contribution is 5.68. The van der Waals surface area contributed by atoms with Crippen LogP contribution >= 0.6 is 0 Å².